The van der Waals surface area contributed by atoms with Crippen LogP contribution in [0.3, 0.4) is 0 Å². The molecule has 1 N–H and O–H groups in total. The minimum Gasteiger partial charge on any atom is -0.427 e. The quantitative estimate of drug-likeness (QED) is 0.278. The van der Waals surface area contributed by atoms with Gasteiger partial charge in [-0.05, 0) is 90.9 Å². The molecule has 0 radical (unpaired) electrons. The number of hydrogen-bond acceptors (Lipinski definition) is 3. The number of aryl methyl sites for hydroxylation is 1. The molecule has 1 aromatic rings. The number of hydrogen-bond donors (Lipinski definition) is 1. The van der Waals surface area contributed by atoms with E-state index in [1.807, 2.05) is 6.07 Å². The Bertz CT molecular complexity index is 786. The maximum Gasteiger partial charge on any atom is 0.308 e. The van der Waals surface area contributed by atoms with Gasteiger partial charge in [-0.25, -0.2) is 0 Å². The van der Waals surface area contributed by atoms with E-state index in [1.165, 1.54) is 82.3 Å². The second-order valence-corrected chi connectivity index (χ2v) is 10.9. The van der Waals surface area contributed by atoms with E-state index in [0.29, 0.717) is 23.0 Å². The molecule has 3 aliphatic rings. The molecule has 0 aromatic heterocycles. The summed E-state index contributed by atoms with van der Waals surface area (Å²) in [4.78, 5) is 11.4. The van der Waals surface area contributed by atoms with E-state index in [0.717, 1.165) is 19.3 Å². The largest absolute Gasteiger partial charge is 0.427 e. The monoisotopic (exact) mass is 426 g/mol. The molecule has 172 valence electrons. The minimum atomic E-state index is -0.249. The van der Waals surface area contributed by atoms with Crippen molar-refractivity contribution in [2.24, 2.45) is 16.7 Å². The van der Waals surface area contributed by atoms with Gasteiger partial charge in [-0.3, -0.25) is 4.79 Å². The Balaban J connectivity index is 1.60. The molecule has 3 heteroatoms. The molecule has 0 unspecified atom stereocenters. The van der Waals surface area contributed by atoms with Gasteiger partial charge in [0.15, 0.2) is 0 Å². The van der Waals surface area contributed by atoms with Crippen LogP contribution in [0.4, 0.5) is 0 Å². The summed E-state index contributed by atoms with van der Waals surface area (Å²) in [6, 6.07) is 6.36. The fourth-order valence-corrected chi connectivity index (χ4v) is 7.74. The molecule has 0 aliphatic heterocycles. The first-order chi connectivity index (χ1) is 14.9. The molecular weight excluding hydrogens is 384 g/mol. The number of carbonyl (C=O) groups excluding carboxylic acids is 1. The first-order valence-electron chi connectivity index (χ1n) is 12.9. The number of unbranched alkanes of at least 4 members (excludes halogenated alkanes) is 5. The molecule has 0 saturated heterocycles. The van der Waals surface area contributed by atoms with Gasteiger partial charge in [-0.2, -0.15) is 0 Å². The lowest BCUT2D eigenvalue weighted by molar-refractivity contribution is -0.131. The second-order valence-electron chi connectivity index (χ2n) is 10.9. The van der Waals surface area contributed by atoms with Crippen LogP contribution in [0.15, 0.2) is 18.2 Å². The van der Waals surface area contributed by atoms with Crippen molar-refractivity contribution in [2.45, 2.75) is 116 Å². The van der Waals surface area contributed by atoms with Crippen molar-refractivity contribution in [3.8, 4) is 5.75 Å². The maximum atomic E-state index is 11.4. The van der Waals surface area contributed by atoms with Crippen LogP contribution >= 0.6 is 0 Å². The molecule has 5 atom stereocenters. The minimum absolute atomic E-state index is 0.0912. The second kappa shape index (κ2) is 9.25. The standard InChI is InChI=1S/C28H42O3/c1-4-5-6-7-8-9-16-28-18-14-21-19-22(31-20(2)29)10-11-23(21)24(28)15-17-27(3)25(28)12-13-26(27)30/h10-11,19,24-26,30H,4-9,12-18H2,1-3H3/t24-,25-,26+,27+,28-/m1/s1. The van der Waals surface area contributed by atoms with Gasteiger partial charge < -0.3 is 9.84 Å². The van der Waals surface area contributed by atoms with Crippen LogP contribution in [0.5, 0.6) is 5.75 Å². The number of esters is 1. The van der Waals surface area contributed by atoms with Crippen molar-refractivity contribution >= 4 is 5.97 Å². The molecule has 2 fully saturated rings. The number of carbonyl (C=O) groups is 1. The van der Waals surface area contributed by atoms with Crippen LogP contribution in [-0.2, 0) is 11.2 Å². The van der Waals surface area contributed by atoms with E-state index in [4.69, 9.17) is 4.74 Å². The number of aliphatic hydroxyl groups excluding tert-OH is 1. The SMILES string of the molecule is CCCCCCCC[C@@]12CCc3cc(OC(C)=O)ccc3[C@H]1CC[C@@]1(C)[C@H]2CC[C@@H]1O. The summed E-state index contributed by atoms with van der Waals surface area (Å²) in [7, 11) is 0. The van der Waals surface area contributed by atoms with Crippen molar-refractivity contribution in [3.05, 3.63) is 29.3 Å². The zero-order valence-corrected chi connectivity index (χ0v) is 19.9. The van der Waals surface area contributed by atoms with Gasteiger partial charge in [0, 0.05) is 6.92 Å². The first kappa shape index (κ1) is 22.8. The van der Waals surface area contributed by atoms with Crippen LogP contribution < -0.4 is 4.74 Å². The smallest absolute Gasteiger partial charge is 0.308 e. The lowest BCUT2D eigenvalue weighted by Gasteiger charge is -2.58. The van der Waals surface area contributed by atoms with Crippen LogP contribution in [-0.4, -0.2) is 17.2 Å². The summed E-state index contributed by atoms with van der Waals surface area (Å²) in [5.41, 5.74) is 3.29. The lowest BCUT2D eigenvalue weighted by atomic mass is 9.46. The van der Waals surface area contributed by atoms with Crippen molar-refractivity contribution in [1.82, 2.24) is 0 Å². The van der Waals surface area contributed by atoms with Gasteiger partial charge in [0.2, 0.25) is 0 Å². The molecule has 2 saturated carbocycles. The highest BCUT2D eigenvalue weighted by Crippen LogP contribution is 2.68. The Hall–Kier alpha value is -1.35. The third-order valence-electron chi connectivity index (χ3n) is 9.25. The topological polar surface area (TPSA) is 46.5 Å². The highest BCUT2D eigenvalue weighted by atomic mass is 16.5. The number of ether oxygens (including phenoxy) is 1. The summed E-state index contributed by atoms with van der Waals surface area (Å²) in [5, 5.41) is 10.9. The van der Waals surface area contributed by atoms with Gasteiger partial charge in [0.25, 0.3) is 0 Å². The van der Waals surface area contributed by atoms with E-state index in [9.17, 15) is 9.90 Å². The number of rotatable bonds is 8. The molecule has 3 aliphatic carbocycles. The maximum absolute atomic E-state index is 11.4. The van der Waals surface area contributed by atoms with E-state index >= 15 is 0 Å². The van der Waals surface area contributed by atoms with Crippen LogP contribution in [0.2, 0.25) is 0 Å². The zero-order chi connectivity index (χ0) is 22.1. The number of fused-ring (bicyclic) bond motifs is 5. The zero-order valence-electron chi connectivity index (χ0n) is 19.9. The van der Waals surface area contributed by atoms with Crippen molar-refractivity contribution in [1.29, 1.82) is 0 Å². The summed E-state index contributed by atoms with van der Waals surface area (Å²) in [6.45, 7) is 6.14. The van der Waals surface area contributed by atoms with Crippen LogP contribution in [0, 0.1) is 16.7 Å². The van der Waals surface area contributed by atoms with Gasteiger partial charge >= 0.3 is 5.97 Å². The van der Waals surface area contributed by atoms with E-state index in [-0.39, 0.29) is 17.5 Å². The van der Waals surface area contributed by atoms with Crippen molar-refractivity contribution < 1.29 is 14.6 Å². The Morgan fingerprint density at radius 2 is 1.87 bits per heavy atom. The Labute approximate surface area is 189 Å². The van der Waals surface area contributed by atoms with Gasteiger partial charge in [-0.15, -0.1) is 0 Å². The van der Waals surface area contributed by atoms with E-state index < -0.39 is 0 Å². The fraction of sp³-hybridized carbons (Fsp3) is 0.750. The molecule has 0 heterocycles. The van der Waals surface area contributed by atoms with Crippen molar-refractivity contribution in [2.75, 3.05) is 0 Å². The first-order valence-corrected chi connectivity index (χ1v) is 12.9. The highest BCUT2D eigenvalue weighted by molar-refractivity contribution is 5.69. The lowest BCUT2D eigenvalue weighted by Crippen LogP contribution is -2.51. The third kappa shape index (κ3) is 4.19. The van der Waals surface area contributed by atoms with E-state index in [2.05, 4.69) is 26.0 Å². The summed E-state index contributed by atoms with van der Waals surface area (Å²) in [5.74, 6) is 1.65. The molecule has 0 amide bonds. The summed E-state index contributed by atoms with van der Waals surface area (Å²) < 4.78 is 5.38. The van der Waals surface area contributed by atoms with Crippen LogP contribution in [0.1, 0.15) is 115 Å². The molecule has 3 nitrogen and oxygen atoms in total. The number of benzene rings is 1. The molecule has 4 rings (SSSR count). The Morgan fingerprint density at radius 1 is 1.10 bits per heavy atom. The van der Waals surface area contributed by atoms with Crippen molar-refractivity contribution in [3.63, 3.8) is 0 Å². The molecule has 0 spiro atoms. The average molecular weight is 427 g/mol. The molecule has 0 bridgehead atoms. The summed E-state index contributed by atoms with van der Waals surface area (Å²) >= 11 is 0. The predicted molar refractivity (Wildman–Crippen MR) is 125 cm³/mol. The van der Waals surface area contributed by atoms with Gasteiger partial charge in [0.05, 0.1) is 6.10 Å². The molecular formula is C28H42O3. The third-order valence-corrected chi connectivity index (χ3v) is 9.25. The van der Waals surface area contributed by atoms with E-state index in [1.54, 1.807) is 0 Å². The number of aliphatic hydroxyl groups is 1. The summed E-state index contributed by atoms with van der Waals surface area (Å²) in [6.07, 6.45) is 16.0. The average Bonchev–Trinajstić information content (AvgIpc) is 3.05. The Kier molecular flexibility index (Phi) is 6.82. The normalized spacial score (nSPS) is 34.0. The fourth-order valence-electron chi connectivity index (χ4n) is 7.74. The van der Waals surface area contributed by atoms with Gasteiger partial charge in [0.1, 0.15) is 5.75 Å². The van der Waals surface area contributed by atoms with Gasteiger partial charge in [-0.1, -0.05) is 58.4 Å². The molecule has 31 heavy (non-hydrogen) atoms. The van der Waals surface area contributed by atoms with Crippen LogP contribution in [0.25, 0.3) is 0 Å². The predicted octanol–water partition coefficient (Wildman–Crippen LogP) is 6.95. The molecule has 1 aromatic carbocycles. The Morgan fingerprint density at radius 3 is 2.65 bits per heavy atom. The highest BCUT2D eigenvalue weighted by Gasteiger charge is 2.61.